The lowest BCUT2D eigenvalue weighted by molar-refractivity contribution is 0.101. The van der Waals surface area contributed by atoms with E-state index in [4.69, 9.17) is 11.6 Å². The second kappa shape index (κ2) is 6.71. The molecule has 0 bridgehead atoms. The summed E-state index contributed by atoms with van der Waals surface area (Å²) in [6.45, 7) is 3.58. The van der Waals surface area contributed by atoms with Crippen LogP contribution in [0.5, 0.6) is 0 Å². The van der Waals surface area contributed by atoms with Crippen LogP contribution in [0.3, 0.4) is 0 Å². The Morgan fingerprint density at radius 1 is 1.30 bits per heavy atom. The molecule has 4 aromatic rings. The molecule has 0 spiro atoms. The third-order valence-electron chi connectivity index (χ3n) is 4.08. The number of rotatable bonds is 3. The molecule has 0 atom stereocenters. The van der Waals surface area contributed by atoms with E-state index in [2.05, 4.69) is 20.4 Å². The van der Waals surface area contributed by atoms with E-state index in [0.717, 1.165) is 10.9 Å². The standard InChI is InChI=1S/C18H13ClFN5OS/c1-9-7-25(14-4-3-11(20)5-12(9)14)24-17(26)13-6-21-16(22-10(13)2)18-23-15(19)8-27-18/h3-8H,1-2H3,(H,24,26). The summed E-state index contributed by atoms with van der Waals surface area (Å²) in [6.07, 6.45) is 3.20. The Hall–Kier alpha value is -2.84. The summed E-state index contributed by atoms with van der Waals surface area (Å²) in [5.41, 5.74) is 5.20. The number of halogens is 2. The number of benzene rings is 1. The van der Waals surface area contributed by atoms with Gasteiger partial charge in [0.25, 0.3) is 5.91 Å². The number of carbonyl (C=O) groups is 1. The SMILES string of the molecule is Cc1nc(-c2nc(Cl)cs2)ncc1C(=O)Nn1cc(C)c2cc(F)ccc21. The zero-order valence-electron chi connectivity index (χ0n) is 14.3. The average Bonchev–Trinajstić information content (AvgIpc) is 3.19. The van der Waals surface area contributed by atoms with Crippen molar-refractivity contribution in [3.8, 4) is 10.8 Å². The molecule has 0 aliphatic heterocycles. The smallest absolute Gasteiger partial charge is 0.267 e. The number of amides is 1. The molecule has 1 amide bonds. The Morgan fingerprint density at radius 2 is 2.11 bits per heavy atom. The van der Waals surface area contributed by atoms with Crippen molar-refractivity contribution in [3.05, 3.63) is 63.8 Å². The second-order valence-corrected chi connectivity index (χ2v) is 7.20. The minimum absolute atomic E-state index is 0.322. The fourth-order valence-corrected chi connectivity index (χ4v) is 3.66. The highest BCUT2D eigenvalue weighted by atomic mass is 35.5. The first-order valence-corrected chi connectivity index (χ1v) is 9.22. The van der Waals surface area contributed by atoms with Crippen LogP contribution in [0.25, 0.3) is 21.7 Å². The van der Waals surface area contributed by atoms with Gasteiger partial charge in [-0.25, -0.2) is 19.3 Å². The van der Waals surface area contributed by atoms with E-state index in [0.29, 0.717) is 32.8 Å². The van der Waals surface area contributed by atoms with Crippen molar-refractivity contribution in [1.29, 1.82) is 0 Å². The van der Waals surface area contributed by atoms with Gasteiger partial charge in [0, 0.05) is 23.2 Å². The van der Waals surface area contributed by atoms with Crippen LogP contribution in [0.2, 0.25) is 5.15 Å². The van der Waals surface area contributed by atoms with Crippen molar-refractivity contribution >= 4 is 39.7 Å². The monoisotopic (exact) mass is 401 g/mol. The number of aryl methyl sites for hydroxylation is 2. The summed E-state index contributed by atoms with van der Waals surface area (Å²) in [4.78, 5) is 25.4. The number of nitrogens with one attached hydrogen (secondary N) is 1. The van der Waals surface area contributed by atoms with Crippen LogP contribution in [0.15, 0.2) is 36.0 Å². The lowest BCUT2D eigenvalue weighted by Gasteiger charge is -2.10. The largest absolute Gasteiger partial charge is 0.273 e. The van der Waals surface area contributed by atoms with E-state index in [9.17, 15) is 9.18 Å². The van der Waals surface area contributed by atoms with E-state index >= 15 is 0 Å². The lowest BCUT2D eigenvalue weighted by Crippen LogP contribution is -2.23. The van der Waals surface area contributed by atoms with Crippen LogP contribution in [0, 0.1) is 19.7 Å². The van der Waals surface area contributed by atoms with Crippen LogP contribution in [-0.4, -0.2) is 25.5 Å². The predicted molar refractivity (Wildman–Crippen MR) is 103 cm³/mol. The second-order valence-electron chi connectivity index (χ2n) is 5.95. The van der Waals surface area contributed by atoms with Gasteiger partial charge in [0.1, 0.15) is 11.0 Å². The van der Waals surface area contributed by atoms with Gasteiger partial charge in [-0.05, 0) is 37.6 Å². The molecule has 0 radical (unpaired) electrons. The molecular weight excluding hydrogens is 389 g/mol. The first-order chi connectivity index (χ1) is 12.9. The van der Waals surface area contributed by atoms with Gasteiger partial charge in [0.05, 0.1) is 16.8 Å². The molecule has 0 unspecified atom stereocenters. The van der Waals surface area contributed by atoms with Crippen molar-refractivity contribution in [3.63, 3.8) is 0 Å². The van der Waals surface area contributed by atoms with Gasteiger partial charge in [-0.1, -0.05) is 11.6 Å². The summed E-state index contributed by atoms with van der Waals surface area (Å²) in [5.74, 6) is -0.270. The first kappa shape index (κ1) is 17.6. The van der Waals surface area contributed by atoms with E-state index < -0.39 is 0 Å². The van der Waals surface area contributed by atoms with Crippen LogP contribution >= 0.6 is 22.9 Å². The summed E-state index contributed by atoms with van der Waals surface area (Å²) in [7, 11) is 0. The van der Waals surface area contributed by atoms with Gasteiger partial charge in [-0.3, -0.25) is 14.9 Å². The average molecular weight is 402 g/mol. The fourth-order valence-electron chi connectivity index (χ4n) is 2.78. The van der Waals surface area contributed by atoms with Crippen LogP contribution < -0.4 is 5.43 Å². The van der Waals surface area contributed by atoms with Crippen molar-refractivity contribution in [2.45, 2.75) is 13.8 Å². The molecule has 1 aromatic carbocycles. The highest BCUT2D eigenvalue weighted by Gasteiger charge is 2.16. The van der Waals surface area contributed by atoms with Crippen molar-refractivity contribution < 1.29 is 9.18 Å². The molecule has 1 N–H and O–H groups in total. The molecule has 27 heavy (non-hydrogen) atoms. The van der Waals surface area contributed by atoms with Crippen LogP contribution in [-0.2, 0) is 0 Å². The lowest BCUT2D eigenvalue weighted by atomic mass is 10.2. The number of hydrogen-bond acceptors (Lipinski definition) is 5. The van der Waals surface area contributed by atoms with Gasteiger partial charge in [0.2, 0.25) is 0 Å². The quantitative estimate of drug-likeness (QED) is 0.554. The molecule has 0 aliphatic rings. The molecule has 3 heterocycles. The van der Waals surface area contributed by atoms with Gasteiger partial charge in [-0.2, -0.15) is 0 Å². The molecule has 0 saturated carbocycles. The maximum absolute atomic E-state index is 13.5. The maximum atomic E-state index is 13.5. The minimum atomic E-state index is -0.363. The zero-order valence-corrected chi connectivity index (χ0v) is 15.9. The van der Waals surface area contributed by atoms with Crippen molar-refractivity contribution in [1.82, 2.24) is 19.6 Å². The summed E-state index contributed by atoms with van der Waals surface area (Å²) in [5, 5.41) is 3.39. The zero-order chi connectivity index (χ0) is 19.1. The van der Waals surface area contributed by atoms with E-state index in [1.54, 1.807) is 29.2 Å². The predicted octanol–water partition coefficient (Wildman–Crippen LogP) is 4.35. The molecule has 9 heteroatoms. The summed E-state index contributed by atoms with van der Waals surface area (Å²) < 4.78 is 15.0. The van der Waals surface area contributed by atoms with Gasteiger partial charge < -0.3 is 0 Å². The molecule has 0 saturated heterocycles. The molecule has 6 nitrogen and oxygen atoms in total. The normalized spacial score (nSPS) is 11.1. The topological polar surface area (TPSA) is 72.7 Å². The summed E-state index contributed by atoms with van der Waals surface area (Å²) in [6, 6.07) is 4.42. The molecule has 0 fully saturated rings. The summed E-state index contributed by atoms with van der Waals surface area (Å²) >= 11 is 7.17. The Bertz CT molecular complexity index is 1190. The number of hydrogen-bond donors (Lipinski definition) is 1. The highest BCUT2D eigenvalue weighted by Crippen LogP contribution is 2.24. The third-order valence-corrected chi connectivity index (χ3v) is 5.24. The van der Waals surface area contributed by atoms with E-state index in [1.165, 1.54) is 29.7 Å². The van der Waals surface area contributed by atoms with E-state index in [-0.39, 0.29) is 11.7 Å². The Morgan fingerprint density at radius 3 is 2.81 bits per heavy atom. The molecule has 136 valence electrons. The Kier molecular flexibility index (Phi) is 4.37. The molecule has 4 rings (SSSR count). The third kappa shape index (κ3) is 3.29. The first-order valence-electron chi connectivity index (χ1n) is 7.96. The molecular formula is C18H13ClFN5OS. The van der Waals surface area contributed by atoms with Gasteiger partial charge in [0.15, 0.2) is 10.8 Å². The fraction of sp³-hybridized carbons (Fsp3) is 0.111. The highest BCUT2D eigenvalue weighted by molar-refractivity contribution is 7.13. The van der Waals surface area contributed by atoms with Gasteiger partial charge in [-0.15, -0.1) is 11.3 Å². The van der Waals surface area contributed by atoms with Crippen LogP contribution in [0.4, 0.5) is 4.39 Å². The Balaban J connectivity index is 1.64. The number of fused-ring (bicyclic) bond motifs is 1. The van der Waals surface area contributed by atoms with Crippen LogP contribution in [0.1, 0.15) is 21.6 Å². The number of nitrogens with zero attached hydrogens (tertiary/aromatic N) is 4. The number of aromatic nitrogens is 4. The number of thiazole rings is 1. The van der Waals surface area contributed by atoms with E-state index in [1.807, 2.05) is 6.92 Å². The van der Waals surface area contributed by atoms with Gasteiger partial charge >= 0.3 is 0 Å². The van der Waals surface area contributed by atoms with Crippen molar-refractivity contribution in [2.75, 3.05) is 5.43 Å². The van der Waals surface area contributed by atoms with Crippen molar-refractivity contribution in [2.24, 2.45) is 0 Å². The molecule has 0 aliphatic carbocycles. The maximum Gasteiger partial charge on any atom is 0.273 e. The Labute approximate surface area is 162 Å². The molecule has 3 aromatic heterocycles. The number of carbonyl (C=O) groups excluding carboxylic acids is 1. The minimum Gasteiger partial charge on any atom is -0.267 e.